The van der Waals surface area contributed by atoms with Gasteiger partial charge in [-0.25, -0.2) is 4.79 Å². The van der Waals surface area contributed by atoms with Crippen LogP contribution in [0.25, 0.3) is 11.1 Å². The highest BCUT2D eigenvalue weighted by atomic mass is 16.6. The van der Waals surface area contributed by atoms with Crippen molar-refractivity contribution in [1.82, 2.24) is 9.88 Å². The lowest BCUT2D eigenvalue weighted by Crippen LogP contribution is -2.44. The number of ether oxygens (including phenoxy) is 4. The molecule has 42 heavy (non-hydrogen) atoms. The molecule has 1 saturated heterocycles. The zero-order valence-corrected chi connectivity index (χ0v) is 26.0. The summed E-state index contributed by atoms with van der Waals surface area (Å²) in [7, 11) is 3.41. The summed E-state index contributed by atoms with van der Waals surface area (Å²) in [5.74, 6) is 1.23. The Morgan fingerprint density at radius 3 is 2.50 bits per heavy atom. The standard InChI is InChI=1S/C35H46N2O5/c1-25-21-27(31-14-12-29(41-20-19-40-6)22-26(31)10-8-18-39-5)11-13-30(25)33-24-37(34(38)42-35(2,3)4)17-15-32(33)28-9-7-16-36-23-28/h7,9,11-14,16,21-23,32-33H,8,10,15,17-20,24H2,1-6H3/t32-,33-/m0/s1. The van der Waals surface area contributed by atoms with Gasteiger partial charge in [-0.1, -0.05) is 30.3 Å². The van der Waals surface area contributed by atoms with Crippen LogP contribution >= 0.6 is 0 Å². The molecule has 1 aliphatic rings. The number of benzene rings is 2. The van der Waals surface area contributed by atoms with Crippen molar-refractivity contribution in [2.24, 2.45) is 0 Å². The van der Waals surface area contributed by atoms with Crippen molar-refractivity contribution in [3.8, 4) is 16.9 Å². The lowest BCUT2D eigenvalue weighted by atomic mass is 9.75. The van der Waals surface area contributed by atoms with E-state index in [0.29, 0.717) is 32.9 Å². The van der Waals surface area contributed by atoms with Crippen molar-refractivity contribution >= 4 is 6.09 Å². The van der Waals surface area contributed by atoms with E-state index in [1.165, 1.54) is 33.4 Å². The highest BCUT2D eigenvalue weighted by Gasteiger charge is 2.36. The molecule has 0 N–H and O–H groups in total. The maximum Gasteiger partial charge on any atom is 0.410 e. The number of pyridine rings is 1. The van der Waals surface area contributed by atoms with Gasteiger partial charge in [-0.15, -0.1) is 0 Å². The van der Waals surface area contributed by atoms with Crippen LogP contribution in [0, 0.1) is 6.92 Å². The van der Waals surface area contributed by atoms with Gasteiger partial charge in [0.1, 0.15) is 18.0 Å². The fourth-order valence-electron chi connectivity index (χ4n) is 5.81. The monoisotopic (exact) mass is 574 g/mol. The summed E-state index contributed by atoms with van der Waals surface area (Å²) in [4.78, 5) is 19.4. The van der Waals surface area contributed by atoms with Crippen molar-refractivity contribution in [2.45, 2.75) is 64.4 Å². The largest absolute Gasteiger partial charge is 0.491 e. The molecule has 0 bridgehead atoms. The van der Waals surface area contributed by atoms with E-state index < -0.39 is 5.60 Å². The SMILES string of the molecule is COCCCc1cc(OCCOC)ccc1-c1ccc([C@@H]2CN(C(=O)OC(C)(C)C)CC[C@H]2c2cccnc2)c(C)c1. The summed E-state index contributed by atoms with van der Waals surface area (Å²) in [5.41, 5.74) is 6.74. The average Bonchev–Trinajstić information content (AvgIpc) is 2.97. The Morgan fingerprint density at radius 1 is 1.00 bits per heavy atom. The normalized spacial score (nSPS) is 17.2. The van der Waals surface area contributed by atoms with Crippen LogP contribution in [0.5, 0.6) is 5.75 Å². The summed E-state index contributed by atoms with van der Waals surface area (Å²) in [5, 5.41) is 0. The van der Waals surface area contributed by atoms with Gasteiger partial charge in [0.2, 0.25) is 0 Å². The molecule has 1 aromatic heterocycles. The van der Waals surface area contributed by atoms with E-state index in [-0.39, 0.29) is 17.9 Å². The first-order valence-electron chi connectivity index (χ1n) is 14.9. The molecule has 2 atom stereocenters. The van der Waals surface area contributed by atoms with Crippen LogP contribution in [0.4, 0.5) is 4.79 Å². The van der Waals surface area contributed by atoms with Gasteiger partial charge in [0.05, 0.1) is 6.61 Å². The minimum atomic E-state index is -0.532. The summed E-state index contributed by atoms with van der Waals surface area (Å²) >= 11 is 0. The van der Waals surface area contributed by atoms with Gasteiger partial charge in [-0.05, 0) is 104 Å². The number of carbonyl (C=O) groups is 1. The van der Waals surface area contributed by atoms with E-state index in [9.17, 15) is 4.79 Å². The van der Waals surface area contributed by atoms with E-state index in [2.05, 4.69) is 48.3 Å². The van der Waals surface area contributed by atoms with Gasteiger partial charge in [-0.2, -0.15) is 0 Å². The third-order valence-electron chi connectivity index (χ3n) is 7.78. The average molecular weight is 575 g/mol. The Bertz CT molecular complexity index is 1300. The van der Waals surface area contributed by atoms with Crippen molar-refractivity contribution in [2.75, 3.05) is 47.1 Å². The van der Waals surface area contributed by atoms with Crippen LogP contribution in [-0.2, 0) is 20.6 Å². The highest BCUT2D eigenvalue weighted by Crippen LogP contribution is 2.42. The summed E-state index contributed by atoms with van der Waals surface area (Å²) < 4.78 is 22.1. The number of nitrogens with zero attached hydrogens (tertiary/aromatic N) is 2. The molecule has 2 aromatic carbocycles. The Balaban J connectivity index is 1.65. The van der Waals surface area contributed by atoms with Crippen molar-refractivity contribution in [3.05, 3.63) is 83.2 Å². The summed E-state index contributed by atoms with van der Waals surface area (Å²) in [6.45, 7) is 10.9. The molecule has 4 rings (SSSR count). The lowest BCUT2D eigenvalue weighted by Gasteiger charge is -2.40. The van der Waals surface area contributed by atoms with E-state index in [0.717, 1.165) is 25.0 Å². The second-order valence-corrected chi connectivity index (χ2v) is 12.0. The molecule has 0 radical (unpaired) electrons. The summed E-state index contributed by atoms with van der Waals surface area (Å²) in [6.07, 6.45) is 6.20. The number of amides is 1. The second kappa shape index (κ2) is 14.7. The third-order valence-corrected chi connectivity index (χ3v) is 7.78. The van der Waals surface area contributed by atoms with Gasteiger partial charge in [0.15, 0.2) is 0 Å². The maximum atomic E-state index is 13.1. The van der Waals surface area contributed by atoms with E-state index in [4.69, 9.17) is 18.9 Å². The van der Waals surface area contributed by atoms with Crippen molar-refractivity contribution in [1.29, 1.82) is 0 Å². The molecular weight excluding hydrogens is 528 g/mol. The van der Waals surface area contributed by atoms with Crippen molar-refractivity contribution < 1.29 is 23.7 Å². The fraction of sp³-hybridized carbons (Fsp3) is 0.486. The fourth-order valence-corrected chi connectivity index (χ4v) is 5.81. The number of likely N-dealkylation sites (tertiary alicyclic amines) is 1. The van der Waals surface area contributed by atoms with Crippen LogP contribution < -0.4 is 4.74 Å². The van der Waals surface area contributed by atoms with Gasteiger partial charge in [0, 0.05) is 52.2 Å². The number of hydrogen-bond donors (Lipinski definition) is 0. The Labute approximate surface area is 251 Å². The predicted octanol–water partition coefficient (Wildman–Crippen LogP) is 7.17. The van der Waals surface area contributed by atoms with Crippen molar-refractivity contribution in [3.63, 3.8) is 0 Å². The van der Waals surface area contributed by atoms with Crippen LogP contribution in [0.3, 0.4) is 0 Å². The third kappa shape index (κ3) is 8.33. The van der Waals surface area contributed by atoms with Gasteiger partial charge >= 0.3 is 6.09 Å². The lowest BCUT2D eigenvalue weighted by molar-refractivity contribution is 0.0183. The molecule has 226 valence electrons. The van der Waals surface area contributed by atoms with E-state index in [1.54, 1.807) is 14.2 Å². The first-order valence-corrected chi connectivity index (χ1v) is 14.9. The Hall–Kier alpha value is -3.42. The molecule has 2 heterocycles. The smallest absolute Gasteiger partial charge is 0.410 e. The second-order valence-electron chi connectivity index (χ2n) is 12.0. The quantitative estimate of drug-likeness (QED) is 0.226. The van der Waals surface area contributed by atoms with Gasteiger partial charge in [0.25, 0.3) is 0 Å². The first-order chi connectivity index (χ1) is 20.2. The van der Waals surface area contributed by atoms with Gasteiger partial charge < -0.3 is 23.8 Å². The van der Waals surface area contributed by atoms with E-state index in [1.807, 2.05) is 50.2 Å². The molecule has 1 aliphatic heterocycles. The summed E-state index contributed by atoms with van der Waals surface area (Å²) in [6, 6.07) is 17.2. The number of aromatic nitrogens is 1. The Kier molecular flexibility index (Phi) is 11.0. The minimum Gasteiger partial charge on any atom is -0.491 e. The number of aryl methyl sites for hydroxylation is 2. The molecule has 1 fully saturated rings. The zero-order valence-electron chi connectivity index (χ0n) is 26.0. The minimum absolute atomic E-state index is 0.127. The van der Waals surface area contributed by atoms with Gasteiger partial charge in [-0.3, -0.25) is 4.98 Å². The molecule has 0 spiro atoms. The van der Waals surface area contributed by atoms with Crippen LogP contribution in [-0.4, -0.2) is 68.7 Å². The Morgan fingerprint density at radius 2 is 1.81 bits per heavy atom. The molecule has 7 heteroatoms. The number of carbonyl (C=O) groups excluding carboxylic acids is 1. The topological polar surface area (TPSA) is 70.1 Å². The zero-order chi connectivity index (χ0) is 30.1. The van der Waals surface area contributed by atoms with E-state index >= 15 is 0 Å². The molecule has 7 nitrogen and oxygen atoms in total. The van der Waals surface area contributed by atoms with Crippen LogP contribution in [0.1, 0.15) is 67.7 Å². The molecule has 1 amide bonds. The molecular formula is C35H46N2O5. The van der Waals surface area contributed by atoms with Crippen LogP contribution in [0.15, 0.2) is 60.9 Å². The number of methoxy groups -OCH3 is 2. The number of piperidine rings is 1. The highest BCUT2D eigenvalue weighted by molar-refractivity contribution is 5.71. The number of rotatable bonds is 11. The first kappa shape index (κ1) is 31.5. The molecule has 0 unspecified atom stereocenters. The molecule has 0 saturated carbocycles. The predicted molar refractivity (Wildman–Crippen MR) is 166 cm³/mol. The number of hydrogen-bond acceptors (Lipinski definition) is 6. The van der Waals surface area contributed by atoms with Crippen LogP contribution in [0.2, 0.25) is 0 Å². The maximum absolute atomic E-state index is 13.1. The molecule has 0 aliphatic carbocycles. The molecule has 3 aromatic rings.